The molecule has 1 aliphatic heterocycles. The third-order valence-electron chi connectivity index (χ3n) is 2.89. The molecule has 1 N–H and O–H groups in total. The average Bonchev–Trinajstić information content (AvgIpc) is 2.94. The summed E-state index contributed by atoms with van der Waals surface area (Å²) in [5, 5.41) is 6.96. The standard InChI is InChI=1S/C13H13N3O3/c1-8-10(6-16(2)15-8)13(17)14-9-3-4-11-12(5-9)19-7-18-11/h3-6H,7H2,1-2H3,(H,14,17). The van der Waals surface area contributed by atoms with E-state index in [4.69, 9.17) is 9.47 Å². The summed E-state index contributed by atoms with van der Waals surface area (Å²) in [5.41, 5.74) is 1.92. The lowest BCUT2D eigenvalue weighted by atomic mass is 10.2. The Balaban J connectivity index is 1.81. The number of benzene rings is 1. The Morgan fingerprint density at radius 3 is 2.89 bits per heavy atom. The quantitative estimate of drug-likeness (QED) is 0.891. The molecule has 1 aliphatic rings. The van der Waals surface area contributed by atoms with Crippen LogP contribution in [0.4, 0.5) is 5.69 Å². The summed E-state index contributed by atoms with van der Waals surface area (Å²) in [5.74, 6) is 1.14. The van der Waals surface area contributed by atoms with Gasteiger partial charge >= 0.3 is 0 Å². The Morgan fingerprint density at radius 2 is 2.16 bits per heavy atom. The molecule has 2 heterocycles. The van der Waals surface area contributed by atoms with E-state index in [9.17, 15) is 4.79 Å². The van der Waals surface area contributed by atoms with E-state index < -0.39 is 0 Å². The summed E-state index contributed by atoms with van der Waals surface area (Å²) in [6.45, 7) is 2.02. The van der Waals surface area contributed by atoms with Crippen molar-refractivity contribution < 1.29 is 14.3 Å². The Hall–Kier alpha value is -2.50. The predicted octanol–water partition coefficient (Wildman–Crippen LogP) is 1.71. The monoisotopic (exact) mass is 259 g/mol. The zero-order valence-corrected chi connectivity index (χ0v) is 10.6. The van der Waals surface area contributed by atoms with E-state index >= 15 is 0 Å². The topological polar surface area (TPSA) is 65.4 Å². The number of fused-ring (bicyclic) bond motifs is 1. The highest BCUT2D eigenvalue weighted by molar-refractivity contribution is 6.05. The Morgan fingerprint density at radius 1 is 1.37 bits per heavy atom. The van der Waals surface area contributed by atoms with Crippen LogP contribution >= 0.6 is 0 Å². The van der Waals surface area contributed by atoms with Gasteiger partial charge in [0, 0.05) is 25.0 Å². The normalized spacial score (nSPS) is 12.5. The van der Waals surface area contributed by atoms with Gasteiger partial charge in [0.2, 0.25) is 6.79 Å². The SMILES string of the molecule is Cc1nn(C)cc1C(=O)Nc1ccc2c(c1)OCO2. The number of aromatic nitrogens is 2. The van der Waals surface area contributed by atoms with Crippen molar-refractivity contribution in [2.75, 3.05) is 12.1 Å². The average molecular weight is 259 g/mol. The molecule has 3 rings (SSSR count). The number of carbonyl (C=O) groups is 1. The zero-order valence-electron chi connectivity index (χ0n) is 10.6. The first-order valence-corrected chi connectivity index (χ1v) is 5.85. The first kappa shape index (κ1) is 11.6. The molecule has 6 heteroatoms. The van der Waals surface area contributed by atoms with Crippen molar-refractivity contribution in [1.82, 2.24) is 9.78 Å². The van der Waals surface area contributed by atoms with Gasteiger partial charge in [-0.05, 0) is 19.1 Å². The lowest BCUT2D eigenvalue weighted by molar-refractivity contribution is 0.102. The fourth-order valence-corrected chi connectivity index (χ4v) is 2.00. The lowest BCUT2D eigenvalue weighted by Gasteiger charge is -2.05. The minimum Gasteiger partial charge on any atom is -0.454 e. The summed E-state index contributed by atoms with van der Waals surface area (Å²) in [4.78, 5) is 12.1. The molecule has 1 amide bonds. The molecule has 0 fully saturated rings. The number of nitrogens with zero attached hydrogens (tertiary/aromatic N) is 2. The van der Waals surface area contributed by atoms with E-state index in [0.717, 1.165) is 0 Å². The first-order valence-electron chi connectivity index (χ1n) is 5.85. The van der Waals surface area contributed by atoms with E-state index in [0.29, 0.717) is 28.4 Å². The van der Waals surface area contributed by atoms with Crippen molar-refractivity contribution in [3.63, 3.8) is 0 Å². The summed E-state index contributed by atoms with van der Waals surface area (Å²) in [7, 11) is 1.78. The summed E-state index contributed by atoms with van der Waals surface area (Å²) < 4.78 is 12.1. The number of amides is 1. The summed E-state index contributed by atoms with van der Waals surface area (Å²) >= 11 is 0. The molecular weight excluding hydrogens is 246 g/mol. The Bertz CT molecular complexity index is 649. The molecule has 1 aromatic carbocycles. The lowest BCUT2D eigenvalue weighted by Crippen LogP contribution is -2.12. The number of hydrogen-bond donors (Lipinski definition) is 1. The van der Waals surface area contributed by atoms with Gasteiger partial charge in [0.1, 0.15) is 0 Å². The van der Waals surface area contributed by atoms with Gasteiger partial charge in [0.05, 0.1) is 11.3 Å². The number of aryl methyl sites for hydroxylation is 2. The maximum Gasteiger partial charge on any atom is 0.259 e. The molecule has 2 aromatic rings. The Labute approximate surface area is 109 Å². The molecule has 0 saturated carbocycles. The molecule has 19 heavy (non-hydrogen) atoms. The minimum absolute atomic E-state index is 0.190. The van der Waals surface area contributed by atoms with Crippen molar-refractivity contribution in [3.8, 4) is 11.5 Å². The summed E-state index contributed by atoms with van der Waals surface area (Å²) in [6.07, 6.45) is 1.69. The smallest absolute Gasteiger partial charge is 0.259 e. The fourth-order valence-electron chi connectivity index (χ4n) is 2.00. The van der Waals surface area contributed by atoms with Crippen LogP contribution in [0.25, 0.3) is 0 Å². The summed E-state index contributed by atoms with van der Waals surface area (Å²) in [6, 6.07) is 5.29. The third kappa shape index (κ3) is 2.12. The van der Waals surface area contributed by atoms with Gasteiger partial charge < -0.3 is 14.8 Å². The van der Waals surface area contributed by atoms with Crippen molar-refractivity contribution >= 4 is 11.6 Å². The number of carbonyl (C=O) groups excluding carboxylic acids is 1. The highest BCUT2D eigenvalue weighted by Crippen LogP contribution is 2.34. The molecule has 0 spiro atoms. The van der Waals surface area contributed by atoms with Gasteiger partial charge in [-0.25, -0.2) is 0 Å². The number of rotatable bonds is 2. The molecular formula is C13H13N3O3. The molecule has 98 valence electrons. The van der Waals surface area contributed by atoms with Crippen LogP contribution in [0.2, 0.25) is 0 Å². The molecule has 6 nitrogen and oxygen atoms in total. The minimum atomic E-state index is -0.190. The van der Waals surface area contributed by atoms with Crippen molar-refractivity contribution in [1.29, 1.82) is 0 Å². The second-order valence-corrected chi connectivity index (χ2v) is 4.32. The van der Waals surface area contributed by atoms with E-state index in [2.05, 4.69) is 10.4 Å². The number of hydrogen-bond acceptors (Lipinski definition) is 4. The molecule has 0 saturated heterocycles. The van der Waals surface area contributed by atoms with Gasteiger partial charge in [-0.2, -0.15) is 5.10 Å². The second kappa shape index (κ2) is 4.31. The largest absolute Gasteiger partial charge is 0.454 e. The predicted molar refractivity (Wildman–Crippen MR) is 68.5 cm³/mol. The molecule has 1 aromatic heterocycles. The number of nitrogens with one attached hydrogen (secondary N) is 1. The van der Waals surface area contributed by atoms with E-state index in [1.807, 2.05) is 0 Å². The molecule has 0 bridgehead atoms. The molecule has 0 atom stereocenters. The maximum absolute atomic E-state index is 12.1. The van der Waals surface area contributed by atoms with Gasteiger partial charge in [-0.15, -0.1) is 0 Å². The van der Waals surface area contributed by atoms with Crippen LogP contribution in [0.1, 0.15) is 16.1 Å². The van der Waals surface area contributed by atoms with E-state index in [-0.39, 0.29) is 12.7 Å². The van der Waals surface area contributed by atoms with Crippen LogP contribution in [0.5, 0.6) is 11.5 Å². The van der Waals surface area contributed by atoms with Crippen LogP contribution < -0.4 is 14.8 Å². The van der Waals surface area contributed by atoms with Crippen molar-refractivity contribution in [2.24, 2.45) is 7.05 Å². The zero-order chi connectivity index (χ0) is 13.4. The first-order chi connectivity index (χ1) is 9.13. The van der Waals surface area contributed by atoms with Crippen LogP contribution in [0.15, 0.2) is 24.4 Å². The van der Waals surface area contributed by atoms with E-state index in [1.165, 1.54) is 0 Å². The molecule has 0 radical (unpaired) electrons. The van der Waals surface area contributed by atoms with Crippen molar-refractivity contribution in [3.05, 3.63) is 35.7 Å². The number of anilines is 1. The molecule has 0 unspecified atom stereocenters. The van der Waals surface area contributed by atoms with Gasteiger partial charge in [-0.3, -0.25) is 9.48 Å². The van der Waals surface area contributed by atoms with Crippen LogP contribution in [0.3, 0.4) is 0 Å². The maximum atomic E-state index is 12.1. The van der Waals surface area contributed by atoms with Crippen molar-refractivity contribution in [2.45, 2.75) is 6.92 Å². The van der Waals surface area contributed by atoms with Gasteiger partial charge in [0.25, 0.3) is 5.91 Å². The van der Waals surface area contributed by atoms with Gasteiger partial charge in [0.15, 0.2) is 11.5 Å². The van der Waals surface area contributed by atoms with Gasteiger partial charge in [-0.1, -0.05) is 0 Å². The third-order valence-corrected chi connectivity index (χ3v) is 2.89. The van der Waals surface area contributed by atoms with Crippen LogP contribution in [0, 0.1) is 6.92 Å². The second-order valence-electron chi connectivity index (χ2n) is 4.32. The van der Waals surface area contributed by atoms with Crippen LogP contribution in [-0.4, -0.2) is 22.5 Å². The highest BCUT2D eigenvalue weighted by atomic mass is 16.7. The number of ether oxygens (including phenoxy) is 2. The van der Waals surface area contributed by atoms with E-state index in [1.54, 1.807) is 43.0 Å². The van der Waals surface area contributed by atoms with Crippen LogP contribution in [-0.2, 0) is 7.05 Å². The fraction of sp³-hybridized carbons (Fsp3) is 0.231. The highest BCUT2D eigenvalue weighted by Gasteiger charge is 2.16. The molecule has 0 aliphatic carbocycles. The Kier molecular flexibility index (Phi) is 2.63.